The summed E-state index contributed by atoms with van der Waals surface area (Å²) in [5.74, 6) is -22.1. The zero-order valence-corrected chi connectivity index (χ0v) is 59.8. The SMILES string of the molecule is CC[C@H](C)[C@H](N)C(=O)N1CCC[C@H]1C(=O)N[C@H](C(=O)N[C@@H](CCC(=O)O)C(=O)N[C@@H](CC(=O)O)C(=O)NCC(=O)N[C@@H](CO)C(=O)NCC(=O)N[C@@H](CCC(=O)O)C(=O)N[C@H](C(=O)N[C@H](C(=O)N[C@@H](CC(C)C)C(=O)N[C@@H](CO)C(=O)N[C@@H](CCCN=C(N)N)C(=O)O)C(C)C)C(C)C)[C@@H](C)CC. The van der Waals surface area contributed by atoms with Gasteiger partial charge in [0.05, 0.1) is 38.8 Å². The van der Waals surface area contributed by atoms with Crippen molar-refractivity contribution in [2.75, 3.05) is 39.4 Å². The lowest BCUT2D eigenvalue weighted by atomic mass is 9.96. The quantitative estimate of drug-likeness (QED) is 0.0153. The number of nitrogens with zero attached hydrogens (tertiary/aromatic N) is 2. The molecule has 0 saturated carbocycles. The Morgan fingerprint density at radius 1 is 0.476 bits per heavy atom. The van der Waals surface area contributed by atoms with Crippen molar-refractivity contribution in [1.82, 2.24) is 68.7 Å². The summed E-state index contributed by atoms with van der Waals surface area (Å²) in [6, 6.07) is -18.1. The second-order valence-corrected chi connectivity index (χ2v) is 26.2. The first-order chi connectivity index (χ1) is 48.1. The molecule has 40 heteroatoms. The van der Waals surface area contributed by atoms with E-state index in [9.17, 15) is 112 Å². The number of rotatable bonds is 48. The Morgan fingerprint density at radius 3 is 1.37 bits per heavy atom. The average Bonchev–Trinajstić information content (AvgIpc) is 1.75. The van der Waals surface area contributed by atoms with Crippen molar-refractivity contribution in [3.8, 4) is 0 Å². The number of aliphatic imine (C=N–C) groups is 1. The fourth-order valence-corrected chi connectivity index (χ4v) is 10.2. The van der Waals surface area contributed by atoms with Crippen LogP contribution in [-0.2, 0) is 81.5 Å². The molecule has 1 fully saturated rings. The number of hydrogen-bond donors (Lipinski definition) is 21. The number of hydrogen-bond acceptors (Lipinski definition) is 21. The van der Waals surface area contributed by atoms with Crippen LogP contribution in [-0.4, -0.2) is 254 Å². The highest BCUT2D eigenvalue weighted by atomic mass is 16.4. The van der Waals surface area contributed by atoms with Crippen LogP contribution in [0.2, 0.25) is 0 Å². The standard InChI is InChI=1S/C63H107N17O23/c1-11-32(9)47(64)61(101)80-22-14-16-41(80)57(97)79-50(33(10)12-2)60(100)72-35(18-20-45(87)88)53(93)74-38(24-46(89)90)51(91)68-26-43(84)71-39(27-81)52(92)69-25-42(83)70-34(17-19-44(85)86)54(94)77-49(31(7)8)59(99)78-48(30(5)6)58(98)75-37(23-29(3)4)55(95)76-40(28-82)56(96)73-36(62(102)103)15-13-21-67-63(65)66/h29-41,47-50,81-82H,11-28,64H2,1-10H3,(H,68,91)(H,69,92)(H,70,83)(H,71,84)(H,72,100)(H,73,96)(H,74,93)(H,75,98)(H,76,95)(H,77,94)(H,78,99)(H,79,97)(H,85,86)(H,87,88)(H,89,90)(H,102,103)(H4,65,66,67)/t32-,33-,34-,35-,36-,37-,38-,39-,40-,41-,47-,48-,49-,50-/m0/s1. The summed E-state index contributed by atoms with van der Waals surface area (Å²) < 4.78 is 0. The molecular weight excluding hydrogens is 1360 g/mol. The fraction of sp³-hybridized carbons (Fsp3) is 0.714. The van der Waals surface area contributed by atoms with Crippen LogP contribution < -0.4 is 81.0 Å². The van der Waals surface area contributed by atoms with Crippen LogP contribution in [0.15, 0.2) is 4.99 Å². The summed E-state index contributed by atoms with van der Waals surface area (Å²) in [7, 11) is 0. The second kappa shape index (κ2) is 45.9. The largest absolute Gasteiger partial charge is 0.481 e. The van der Waals surface area contributed by atoms with Crippen LogP contribution >= 0.6 is 0 Å². The number of likely N-dealkylation sites (tertiary alicyclic amines) is 1. The molecule has 0 aliphatic carbocycles. The van der Waals surface area contributed by atoms with E-state index in [1.165, 1.54) is 32.6 Å². The van der Waals surface area contributed by atoms with Gasteiger partial charge in [-0.05, 0) is 74.5 Å². The number of aliphatic hydroxyl groups excluding tert-OH is 2. The highest BCUT2D eigenvalue weighted by Gasteiger charge is 2.41. The predicted octanol–water partition coefficient (Wildman–Crippen LogP) is -6.84. The minimum atomic E-state index is -2.01. The van der Waals surface area contributed by atoms with E-state index in [1.807, 2.05) is 6.92 Å². The topological polar surface area (TPSA) is 650 Å². The molecule has 103 heavy (non-hydrogen) atoms. The molecular formula is C63H107N17O23. The van der Waals surface area contributed by atoms with Crippen LogP contribution in [0.3, 0.4) is 0 Å². The first-order valence-corrected chi connectivity index (χ1v) is 33.9. The monoisotopic (exact) mass is 1470 g/mol. The third-order valence-electron chi connectivity index (χ3n) is 16.7. The molecule has 0 unspecified atom stereocenters. The molecule has 0 aromatic rings. The van der Waals surface area contributed by atoms with Crippen LogP contribution in [0.25, 0.3) is 0 Å². The normalized spacial score (nSPS) is 16.4. The maximum atomic E-state index is 14.0. The molecule has 1 aliphatic heterocycles. The van der Waals surface area contributed by atoms with Gasteiger partial charge in [-0.3, -0.25) is 81.7 Å². The van der Waals surface area contributed by atoms with Crippen molar-refractivity contribution in [3.05, 3.63) is 0 Å². The number of aliphatic hydroxyl groups is 2. The van der Waals surface area contributed by atoms with Gasteiger partial charge in [0.15, 0.2) is 5.96 Å². The Balaban J connectivity index is 3.20. The number of carbonyl (C=O) groups is 17. The molecule has 0 aromatic heterocycles. The van der Waals surface area contributed by atoms with Crippen LogP contribution in [0.4, 0.5) is 0 Å². The molecule has 40 nitrogen and oxygen atoms in total. The van der Waals surface area contributed by atoms with E-state index in [0.29, 0.717) is 19.3 Å². The third kappa shape index (κ3) is 32.8. The van der Waals surface area contributed by atoms with Crippen LogP contribution in [0.5, 0.6) is 0 Å². The van der Waals surface area contributed by atoms with E-state index in [-0.39, 0.29) is 56.6 Å². The number of nitrogens with one attached hydrogen (secondary N) is 12. The van der Waals surface area contributed by atoms with E-state index >= 15 is 0 Å². The second-order valence-electron chi connectivity index (χ2n) is 26.2. The van der Waals surface area contributed by atoms with Crippen molar-refractivity contribution in [2.45, 2.75) is 219 Å². The number of carboxylic acids is 4. The van der Waals surface area contributed by atoms with Crippen molar-refractivity contribution in [2.24, 2.45) is 51.8 Å². The summed E-state index contributed by atoms with van der Waals surface area (Å²) in [6.07, 6.45) is -2.28. The Labute approximate surface area is 595 Å². The summed E-state index contributed by atoms with van der Waals surface area (Å²) in [6.45, 7) is 12.5. The summed E-state index contributed by atoms with van der Waals surface area (Å²) in [5.41, 5.74) is 16.8. The lowest BCUT2D eigenvalue weighted by Gasteiger charge is -2.31. The molecule has 24 N–H and O–H groups in total. The maximum absolute atomic E-state index is 14.0. The highest BCUT2D eigenvalue weighted by molar-refractivity contribution is 6.00. The first-order valence-electron chi connectivity index (χ1n) is 33.9. The van der Waals surface area contributed by atoms with Gasteiger partial charge in [0.1, 0.15) is 66.5 Å². The van der Waals surface area contributed by atoms with Crippen LogP contribution in [0.1, 0.15) is 146 Å². The minimum Gasteiger partial charge on any atom is -0.481 e. The molecule has 1 rings (SSSR count). The number of carbonyl (C=O) groups excluding carboxylic acids is 13. The lowest BCUT2D eigenvalue weighted by Crippen LogP contribution is -2.61. The number of guanidine groups is 1. The van der Waals surface area contributed by atoms with Gasteiger partial charge in [-0.15, -0.1) is 0 Å². The Bertz CT molecular complexity index is 3000. The van der Waals surface area contributed by atoms with E-state index in [0.717, 1.165) is 0 Å². The van der Waals surface area contributed by atoms with Crippen molar-refractivity contribution in [3.63, 3.8) is 0 Å². The zero-order chi connectivity index (χ0) is 78.7. The van der Waals surface area contributed by atoms with E-state index in [2.05, 4.69) is 68.8 Å². The number of carboxylic acid groups (broad SMARTS) is 4. The van der Waals surface area contributed by atoms with Gasteiger partial charge >= 0.3 is 23.9 Å². The molecule has 1 aliphatic rings. The Morgan fingerprint density at radius 2 is 0.893 bits per heavy atom. The van der Waals surface area contributed by atoms with Crippen molar-refractivity contribution >= 4 is 107 Å². The Hall–Kier alpha value is -9.86. The highest BCUT2D eigenvalue weighted by Crippen LogP contribution is 2.22. The summed E-state index contributed by atoms with van der Waals surface area (Å²) in [5, 5.41) is 86.1. The minimum absolute atomic E-state index is 0.0406. The molecule has 1 heterocycles. The molecule has 0 bridgehead atoms. The molecule has 0 aromatic carbocycles. The number of aliphatic carboxylic acids is 4. The third-order valence-corrected chi connectivity index (χ3v) is 16.7. The first kappa shape index (κ1) is 91.2. The number of amides is 13. The Kier molecular flexibility index (Phi) is 40.6. The lowest BCUT2D eigenvalue weighted by molar-refractivity contribution is -0.143. The molecule has 1 saturated heterocycles. The van der Waals surface area contributed by atoms with Gasteiger partial charge in [0.2, 0.25) is 76.8 Å². The fourth-order valence-electron chi connectivity index (χ4n) is 10.2. The number of nitrogens with two attached hydrogens (primary N) is 3. The maximum Gasteiger partial charge on any atom is 0.326 e. The predicted molar refractivity (Wildman–Crippen MR) is 364 cm³/mol. The van der Waals surface area contributed by atoms with Gasteiger partial charge in [0.25, 0.3) is 0 Å². The summed E-state index contributed by atoms with van der Waals surface area (Å²) >= 11 is 0. The van der Waals surface area contributed by atoms with E-state index < -0.39 is 249 Å². The molecule has 582 valence electrons. The van der Waals surface area contributed by atoms with Crippen molar-refractivity contribution < 1.29 is 112 Å². The van der Waals surface area contributed by atoms with Gasteiger partial charge in [-0.1, -0.05) is 82.1 Å². The van der Waals surface area contributed by atoms with Gasteiger partial charge in [-0.25, -0.2) is 4.79 Å². The molecule has 13 amide bonds. The van der Waals surface area contributed by atoms with Gasteiger partial charge in [0, 0.05) is 25.9 Å². The van der Waals surface area contributed by atoms with E-state index in [1.54, 1.807) is 34.6 Å². The molecule has 0 spiro atoms. The van der Waals surface area contributed by atoms with Gasteiger partial charge in [-0.2, -0.15) is 0 Å². The smallest absolute Gasteiger partial charge is 0.326 e. The summed E-state index contributed by atoms with van der Waals surface area (Å²) in [4.78, 5) is 229. The molecule has 0 radical (unpaired) electrons. The average molecular weight is 1470 g/mol. The van der Waals surface area contributed by atoms with Gasteiger partial charge < -0.3 is 117 Å². The van der Waals surface area contributed by atoms with E-state index in [4.69, 9.17) is 17.2 Å². The van der Waals surface area contributed by atoms with Crippen LogP contribution in [0, 0.1) is 29.6 Å². The zero-order valence-electron chi connectivity index (χ0n) is 59.8. The van der Waals surface area contributed by atoms with Crippen molar-refractivity contribution in [1.29, 1.82) is 0 Å². The molecule has 14 atom stereocenters.